The lowest BCUT2D eigenvalue weighted by Crippen LogP contribution is -2.43. The molecule has 1 aromatic heterocycles. The number of ether oxygens (including phenoxy) is 1. The molecule has 0 aliphatic heterocycles. The zero-order valence-electron chi connectivity index (χ0n) is 18.8. The summed E-state index contributed by atoms with van der Waals surface area (Å²) in [5, 5.41) is 0. The van der Waals surface area contributed by atoms with Crippen molar-refractivity contribution >= 4 is 5.91 Å². The third-order valence-corrected chi connectivity index (χ3v) is 5.26. The highest BCUT2D eigenvalue weighted by Gasteiger charge is 2.12. The summed E-state index contributed by atoms with van der Waals surface area (Å²) >= 11 is 0. The van der Waals surface area contributed by atoms with Gasteiger partial charge in [-0.1, -0.05) is 90.0 Å². The predicted octanol–water partition coefficient (Wildman–Crippen LogP) is 5.29. The van der Waals surface area contributed by atoms with E-state index >= 15 is 0 Å². The molecule has 0 saturated heterocycles. The molecule has 0 unspecified atom stereocenters. The number of rotatable bonds is 18. The van der Waals surface area contributed by atoms with Crippen molar-refractivity contribution in [2.75, 3.05) is 6.61 Å². The summed E-state index contributed by atoms with van der Waals surface area (Å²) in [6.45, 7) is 6.06. The number of hydrogen-bond acceptors (Lipinski definition) is 4. The molecule has 6 heteroatoms. The molecular weight excluding hydrogens is 380 g/mol. The second-order valence-electron chi connectivity index (χ2n) is 7.92. The van der Waals surface area contributed by atoms with Crippen LogP contribution in [0.5, 0.6) is 0 Å². The van der Waals surface area contributed by atoms with Gasteiger partial charge in [-0.15, -0.1) is 6.58 Å². The van der Waals surface area contributed by atoms with Crippen LogP contribution in [0.25, 0.3) is 0 Å². The maximum atomic E-state index is 12.4. The summed E-state index contributed by atoms with van der Waals surface area (Å²) in [6.07, 6.45) is 19.0. The van der Waals surface area contributed by atoms with E-state index in [2.05, 4.69) is 13.5 Å². The number of nitrogens with zero attached hydrogens (tertiary/aromatic N) is 2. The third-order valence-electron chi connectivity index (χ3n) is 5.26. The topological polar surface area (TPSA) is 70.3 Å². The molecule has 0 saturated carbocycles. The first-order valence-electron chi connectivity index (χ1n) is 11.7. The maximum Gasteiger partial charge on any atom is 0.339 e. The zero-order valence-corrected chi connectivity index (χ0v) is 18.8. The minimum Gasteiger partial charge on any atom is -0.357 e. The molecule has 0 amide bonds. The molecule has 6 nitrogen and oxygen atoms in total. The summed E-state index contributed by atoms with van der Waals surface area (Å²) in [5.74, 6) is -0.439. The van der Waals surface area contributed by atoms with Gasteiger partial charge in [0, 0.05) is 18.7 Å². The summed E-state index contributed by atoms with van der Waals surface area (Å²) < 4.78 is 7.16. The van der Waals surface area contributed by atoms with Crippen LogP contribution in [0.1, 0.15) is 102 Å². The molecule has 1 rings (SSSR count). The van der Waals surface area contributed by atoms with E-state index in [4.69, 9.17) is 4.74 Å². The van der Waals surface area contributed by atoms with Crippen LogP contribution in [-0.2, 0) is 11.5 Å². The fourth-order valence-electron chi connectivity index (χ4n) is 3.48. The van der Waals surface area contributed by atoms with Gasteiger partial charge in [-0.2, -0.15) is 4.57 Å². The fraction of sp³-hybridized carbons (Fsp3) is 0.708. The molecule has 0 aromatic carbocycles. The van der Waals surface area contributed by atoms with Gasteiger partial charge in [-0.05, 0) is 6.42 Å². The Morgan fingerprint density at radius 1 is 0.933 bits per heavy atom. The second kappa shape index (κ2) is 16.8. The van der Waals surface area contributed by atoms with Crippen molar-refractivity contribution in [3.63, 3.8) is 0 Å². The maximum absolute atomic E-state index is 12.4. The first-order chi connectivity index (χ1) is 14.6. The standard InChI is InChI=1S/C24H40N2O4/c1-3-5-6-7-8-9-10-11-12-13-14-15-16-17-22(27)26-23(28)18-19-25(24(26)29)21-30-20-4-2/h4,18-19H,2-3,5-17,20-21H2,1H3. The van der Waals surface area contributed by atoms with Gasteiger partial charge in [0.05, 0.1) is 6.61 Å². The first kappa shape index (κ1) is 26.1. The average molecular weight is 421 g/mol. The van der Waals surface area contributed by atoms with Crippen molar-refractivity contribution < 1.29 is 9.53 Å². The molecule has 1 aromatic rings. The molecule has 170 valence electrons. The largest absolute Gasteiger partial charge is 0.357 e. The lowest BCUT2D eigenvalue weighted by molar-refractivity contribution is 0.0845. The normalized spacial score (nSPS) is 11.0. The monoisotopic (exact) mass is 420 g/mol. The fourth-order valence-corrected chi connectivity index (χ4v) is 3.48. The van der Waals surface area contributed by atoms with Crippen LogP contribution in [0.2, 0.25) is 0 Å². The van der Waals surface area contributed by atoms with Gasteiger partial charge in [0.25, 0.3) is 5.56 Å². The van der Waals surface area contributed by atoms with Crippen molar-refractivity contribution in [2.45, 2.75) is 104 Å². The molecule has 30 heavy (non-hydrogen) atoms. The Morgan fingerprint density at radius 2 is 1.47 bits per heavy atom. The number of hydrogen-bond donors (Lipinski definition) is 0. The Labute approximate surface area is 180 Å². The Kier molecular flexibility index (Phi) is 14.6. The van der Waals surface area contributed by atoms with Crippen LogP contribution >= 0.6 is 0 Å². The Morgan fingerprint density at radius 3 is 2.00 bits per heavy atom. The van der Waals surface area contributed by atoms with Gasteiger partial charge in [-0.3, -0.25) is 14.2 Å². The third kappa shape index (κ3) is 10.7. The van der Waals surface area contributed by atoms with Gasteiger partial charge >= 0.3 is 5.69 Å². The second-order valence-corrected chi connectivity index (χ2v) is 7.92. The highest BCUT2D eigenvalue weighted by Crippen LogP contribution is 2.13. The number of carbonyl (C=O) groups is 1. The number of aromatic nitrogens is 2. The minimum absolute atomic E-state index is 0.0167. The summed E-state index contributed by atoms with van der Waals surface area (Å²) in [4.78, 5) is 36.7. The highest BCUT2D eigenvalue weighted by atomic mass is 16.5. The van der Waals surface area contributed by atoms with Crippen molar-refractivity contribution in [2.24, 2.45) is 0 Å². The minimum atomic E-state index is -0.647. The molecule has 0 fully saturated rings. The SMILES string of the molecule is C=CCOCn1ccc(=O)n(C(=O)CCCCCCCCCCCCCCC)c1=O. The van der Waals surface area contributed by atoms with Crippen LogP contribution in [0.3, 0.4) is 0 Å². The van der Waals surface area contributed by atoms with Gasteiger partial charge in [-0.25, -0.2) is 4.79 Å². The van der Waals surface area contributed by atoms with Crippen LogP contribution in [-0.4, -0.2) is 21.6 Å². The van der Waals surface area contributed by atoms with Gasteiger partial charge in [0.1, 0.15) is 6.73 Å². The van der Waals surface area contributed by atoms with E-state index in [1.807, 2.05) is 0 Å². The van der Waals surface area contributed by atoms with E-state index in [-0.39, 0.29) is 13.2 Å². The molecule has 0 atom stereocenters. The average Bonchev–Trinajstić information content (AvgIpc) is 2.73. The lowest BCUT2D eigenvalue weighted by atomic mass is 10.0. The van der Waals surface area contributed by atoms with Crippen LogP contribution in [0.4, 0.5) is 0 Å². The van der Waals surface area contributed by atoms with E-state index in [0.29, 0.717) is 13.0 Å². The molecule has 0 bridgehead atoms. The number of carbonyl (C=O) groups excluding carboxylic acids is 1. The van der Waals surface area contributed by atoms with E-state index in [9.17, 15) is 14.4 Å². The summed E-state index contributed by atoms with van der Waals surface area (Å²) in [6, 6.07) is 1.22. The molecular formula is C24H40N2O4. The van der Waals surface area contributed by atoms with Gasteiger partial charge in [0.15, 0.2) is 0 Å². The van der Waals surface area contributed by atoms with Crippen LogP contribution in [0.15, 0.2) is 34.5 Å². The van der Waals surface area contributed by atoms with Crippen molar-refractivity contribution in [1.82, 2.24) is 9.13 Å². The Balaban J connectivity index is 2.20. The molecule has 0 spiro atoms. The van der Waals surface area contributed by atoms with E-state index in [0.717, 1.165) is 17.4 Å². The van der Waals surface area contributed by atoms with Crippen molar-refractivity contribution in [3.8, 4) is 0 Å². The molecule has 0 N–H and O–H groups in total. The lowest BCUT2D eigenvalue weighted by Gasteiger charge is -2.09. The number of unbranched alkanes of at least 4 members (excludes halogenated alkanes) is 12. The van der Waals surface area contributed by atoms with Crippen LogP contribution < -0.4 is 11.2 Å². The molecule has 0 aliphatic rings. The van der Waals surface area contributed by atoms with E-state index in [1.54, 1.807) is 6.08 Å². The molecule has 0 aliphatic carbocycles. The van der Waals surface area contributed by atoms with Gasteiger partial charge in [0.2, 0.25) is 5.91 Å². The summed E-state index contributed by atoms with van der Waals surface area (Å²) in [7, 11) is 0. The predicted molar refractivity (Wildman–Crippen MR) is 122 cm³/mol. The molecule has 0 radical (unpaired) electrons. The van der Waals surface area contributed by atoms with Crippen molar-refractivity contribution in [3.05, 3.63) is 45.8 Å². The molecule has 1 heterocycles. The summed E-state index contributed by atoms with van der Waals surface area (Å²) in [5.41, 5.74) is -1.23. The van der Waals surface area contributed by atoms with Crippen molar-refractivity contribution in [1.29, 1.82) is 0 Å². The van der Waals surface area contributed by atoms with Gasteiger partial charge < -0.3 is 4.74 Å². The Bertz CT molecular complexity index is 721. The Hall–Kier alpha value is -1.95. The zero-order chi connectivity index (χ0) is 22.0. The highest BCUT2D eigenvalue weighted by molar-refractivity contribution is 5.78. The van der Waals surface area contributed by atoms with Crippen LogP contribution in [0, 0.1) is 0 Å². The quantitative estimate of drug-likeness (QED) is 0.239. The van der Waals surface area contributed by atoms with E-state index < -0.39 is 17.2 Å². The first-order valence-corrected chi connectivity index (χ1v) is 11.7. The smallest absolute Gasteiger partial charge is 0.339 e. The van der Waals surface area contributed by atoms with E-state index in [1.165, 1.54) is 81.0 Å².